The Morgan fingerprint density at radius 1 is 1.50 bits per heavy atom. The number of aliphatic hydroxyl groups excluding tert-OH is 1. The van der Waals surface area contributed by atoms with Crippen molar-refractivity contribution < 1.29 is 9.90 Å². The summed E-state index contributed by atoms with van der Waals surface area (Å²) in [6.07, 6.45) is 0. The summed E-state index contributed by atoms with van der Waals surface area (Å²) in [4.78, 5) is 10.8. The first-order chi connectivity index (χ1) is 6.65. The van der Waals surface area contributed by atoms with Gasteiger partial charge in [-0.15, -0.1) is 0 Å². The molecule has 14 heavy (non-hydrogen) atoms. The van der Waals surface area contributed by atoms with Crippen LogP contribution in [0.4, 0.5) is 11.4 Å². The summed E-state index contributed by atoms with van der Waals surface area (Å²) in [5.74, 6) is -0.509. The number of aliphatic hydroxyl groups is 1. The quantitative estimate of drug-likeness (QED) is 0.498. The Balaban J connectivity index is 2.84. The second-order valence-corrected chi connectivity index (χ2v) is 2.82. The summed E-state index contributed by atoms with van der Waals surface area (Å²) in [6, 6.07) is 4.74. The van der Waals surface area contributed by atoms with Crippen LogP contribution in [0, 0.1) is 0 Å². The number of primary amides is 1. The van der Waals surface area contributed by atoms with E-state index in [0.717, 1.165) is 0 Å². The average Bonchev–Trinajstić information content (AvgIpc) is 2.15. The molecule has 0 aliphatic heterocycles. The van der Waals surface area contributed by atoms with Gasteiger partial charge in [-0.05, 0) is 18.2 Å². The molecule has 1 aromatic carbocycles. The van der Waals surface area contributed by atoms with Crippen LogP contribution in [0.3, 0.4) is 0 Å². The maximum atomic E-state index is 10.8. The van der Waals surface area contributed by atoms with Gasteiger partial charge in [0.15, 0.2) is 0 Å². The van der Waals surface area contributed by atoms with E-state index in [-0.39, 0.29) is 6.61 Å². The van der Waals surface area contributed by atoms with Crippen molar-refractivity contribution >= 4 is 17.3 Å². The molecule has 6 N–H and O–H groups in total. The maximum Gasteiger partial charge on any atom is 0.248 e. The predicted molar refractivity (Wildman–Crippen MR) is 54.9 cm³/mol. The highest BCUT2D eigenvalue weighted by atomic mass is 16.3. The molecule has 0 radical (unpaired) electrons. The van der Waals surface area contributed by atoms with Gasteiger partial charge in [0.2, 0.25) is 5.91 Å². The lowest BCUT2D eigenvalue weighted by molar-refractivity contribution is 0.100. The van der Waals surface area contributed by atoms with E-state index in [1.54, 1.807) is 12.1 Å². The van der Waals surface area contributed by atoms with Gasteiger partial charge in [-0.1, -0.05) is 0 Å². The first-order valence-electron chi connectivity index (χ1n) is 4.19. The van der Waals surface area contributed by atoms with E-state index in [4.69, 9.17) is 16.6 Å². The molecule has 0 saturated heterocycles. The highest BCUT2D eigenvalue weighted by molar-refractivity contribution is 5.94. The second-order valence-electron chi connectivity index (χ2n) is 2.82. The predicted octanol–water partition coefficient (Wildman–Crippen LogP) is -0.228. The van der Waals surface area contributed by atoms with Gasteiger partial charge in [-0.3, -0.25) is 4.79 Å². The average molecular weight is 195 g/mol. The number of nitrogens with two attached hydrogens (primary N) is 2. The standard InChI is InChI=1S/C9H13N3O2/c10-7-5-6(9(11)14)1-2-8(7)12-3-4-13/h1-2,5,12-13H,3-4,10H2,(H2,11,14). The Labute approximate surface area is 81.7 Å². The fourth-order valence-corrected chi connectivity index (χ4v) is 1.07. The van der Waals surface area contributed by atoms with Crippen molar-refractivity contribution in [1.29, 1.82) is 0 Å². The first-order valence-corrected chi connectivity index (χ1v) is 4.19. The van der Waals surface area contributed by atoms with E-state index < -0.39 is 5.91 Å². The lowest BCUT2D eigenvalue weighted by atomic mass is 10.1. The van der Waals surface area contributed by atoms with Crippen LogP contribution in [0.2, 0.25) is 0 Å². The molecular formula is C9H13N3O2. The molecule has 0 saturated carbocycles. The number of benzene rings is 1. The maximum absolute atomic E-state index is 10.8. The summed E-state index contributed by atoms with van der Waals surface area (Å²) in [5, 5.41) is 11.5. The molecule has 1 aromatic rings. The van der Waals surface area contributed by atoms with E-state index in [0.29, 0.717) is 23.5 Å². The summed E-state index contributed by atoms with van der Waals surface area (Å²) >= 11 is 0. The number of hydrogen-bond donors (Lipinski definition) is 4. The number of hydrogen-bond acceptors (Lipinski definition) is 4. The van der Waals surface area contributed by atoms with Gasteiger partial charge in [0, 0.05) is 12.1 Å². The summed E-state index contributed by atoms with van der Waals surface area (Å²) in [5.41, 5.74) is 12.2. The zero-order valence-electron chi connectivity index (χ0n) is 7.66. The van der Waals surface area contributed by atoms with E-state index in [9.17, 15) is 4.79 Å². The monoisotopic (exact) mass is 195 g/mol. The Kier molecular flexibility index (Phi) is 3.30. The molecule has 5 heteroatoms. The number of amides is 1. The Bertz CT molecular complexity index is 339. The number of carbonyl (C=O) groups excluding carboxylic acids is 1. The number of nitrogen functional groups attached to an aromatic ring is 1. The van der Waals surface area contributed by atoms with Gasteiger partial charge in [-0.2, -0.15) is 0 Å². The van der Waals surface area contributed by atoms with E-state index in [2.05, 4.69) is 5.32 Å². The fourth-order valence-electron chi connectivity index (χ4n) is 1.07. The molecular weight excluding hydrogens is 182 g/mol. The lowest BCUT2D eigenvalue weighted by Gasteiger charge is -2.08. The fraction of sp³-hybridized carbons (Fsp3) is 0.222. The molecule has 0 aromatic heterocycles. The van der Waals surface area contributed by atoms with Crippen molar-refractivity contribution in [2.75, 3.05) is 24.2 Å². The molecule has 1 amide bonds. The first kappa shape index (κ1) is 10.3. The van der Waals surface area contributed by atoms with Gasteiger partial charge in [0.1, 0.15) is 0 Å². The van der Waals surface area contributed by atoms with E-state index >= 15 is 0 Å². The SMILES string of the molecule is NC(=O)c1ccc(NCCO)c(N)c1. The molecule has 0 unspecified atom stereocenters. The largest absolute Gasteiger partial charge is 0.397 e. The molecule has 0 bridgehead atoms. The molecule has 76 valence electrons. The minimum absolute atomic E-state index is 0.0248. The van der Waals surface area contributed by atoms with Crippen LogP contribution in [0.15, 0.2) is 18.2 Å². The van der Waals surface area contributed by atoms with Crippen molar-refractivity contribution in [2.24, 2.45) is 5.73 Å². The second kappa shape index (κ2) is 4.48. The third kappa shape index (κ3) is 2.37. The summed E-state index contributed by atoms with van der Waals surface area (Å²) in [6.45, 7) is 0.442. The van der Waals surface area contributed by atoms with Crippen molar-refractivity contribution in [3.05, 3.63) is 23.8 Å². The molecule has 1 rings (SSSR count). The van der Waals surface area contributed by atoms with Gasteiger partial charge in [0.05, 0.1) is 18.0 Å². The molecule has 0 aliphatic rings. The molecule has 5 nitrogen and oxygen atoms in total. The highest BCUT2D eigenvalue weighted by Crippen LogP contribution is 2.19. The minimum atomic E-state index is -0.509. The summed E-state index contributed by atoms with van der Waals surface area (Å²) in [7, 11) is 0. The van der Waals surface area contributed by atoms with Crippen molar-refractivity contribution in [3.8, 4) is 0 Å². The lowest BCUT2D eigenvalue weighted by Crippen LogP contribution is -2.12. The van der Waals surface area contributed by atoms with Crippen LogP contribution >= 0.6 is 0 Å². The van der Waals surface area contributed by atoms with Crippen LogP contribution in [0.25, 0.3) is 0 Å². The molecule has 0 aliphatic carbocycles. The van der Waals surface area contributed by atoms with Crippen molar-refractivity contribution in [1.82, 2.24) is 0 Å². The molecule has 0 spiro atoms. The van der Waals surface area contributed by atoms with E-state index in [1.807, 2.05) is 0 Å². The minimum Gasteiger partial charge on any atom is -0.397 e. The molecule has 0 fully saturated rings. The number of carbonyl (C=O) groups is 1. The van der Waals surface area contributed by atoms with E-state index in [1.165, 1.54) is 6.07 Å². The van der Waals surface area contributed by atoms with Crippen LogP contribution in [0.5, 0.6) is 0 Å². The topological polar surface area (TPSA) is 101 Å². The van der Waals surface area contributed by atoms with Crippen LogP contribution in [-0.2, 0) is 0 Å². The smallest absolute Gasteiger partial charge is 0.248 e. The third-order valence-corrected chi connectivity index (χ3v) is 1.76. The number of anilines is 2. The number of rotatable bonds is 4. The van der Waals surface area contributed by atoms with Gasteiger partial charge in [0.25, 0.3) is 0 Å². The Morgan fingerprint density at radius 2 is 2.21 bits per heavy atom. The third-order valence-electron chi connectivity index (χ3n) is 1.76. The zero-order chi connectivity index (χ0) is 10.6. The molecule has 0 atom stereocenters. The Hall–Kier alpha value is -1.75. The molecule has 0 heterocycles. The van der Waals surface area contributed by atoms with Gasteiger partial charge >= 0.3 is 0 Å². The van der Waals surface area contributed by atoms with Crippen molar-refractivity contribution in [3.63, 3.8) is 0 Å². The van der Waals surface area contributed by atoms with Crippen molar-refractivity contribution in [2.45, 2.75) is 0 Å². The van der Waals surface area contributed by atoms with Gasteiger partial charge in [-0.25, -0.2) is 0 Å². The van der Waals surface area contributed by atoms with Gasteiger partial charge < -0.3 is 21.9 Å². The summed E-state index contributed by atoms with van der Waals surface area (Å²) < 4.78 is 0. The Morgan fingerprint density at radius 3 is 2.71 bits per heavy atom. The zero-order valence-corrected chi connectivity index (χ0v) is 7.66. The van der Waals surface area contributed by atoms with Crippen LogP contribution in [-0.4, -0.2) is 24.2 Å². The van der Waals surface area contributed by atoms with Crippen LogP contribution in [0.1, 0.15) is 10.4 Å². The highest BCUT2D eigenvalue weighted by Gasteiger charge is 2.03. The van der Waals surface area contributed by atoms with Crippen LogP contribution < -0.4 is 16.8 Å². The normalized spacial score (nSPS) is 9.79. The number of nitrogens with one attached hydrogen (secondary N) is 1.